The van der Waals surface area contributed by atoms with Gasteiger partial charge >= 0.3 is 0 Å². The van der Waals surface area contributed by atoms with Gasteiger partial charge in [-0.15, -0.1) is 0 Å². The van der Waals surface area contributed by atoms with Crippen LogP contribution in [0.2, 0.25) is 0 Å². The highest BCUT2D eigenvalue weighted by molar-refractivity contribution is 9.10. The number of carbonyl (C=O) groups excluding carboxylic acids is 1. The Bertz CT molecular complexity index is 429. The van der Waals surface area contributed by atoms with E-state index in [0.717, 1.165) is 29.5 Å². The van der Waals surface area contributed by atoms with Gasteiger partial charge in [0.2, 0.25) is 5.91 Å². The summed E-state index contributed by atoms with van der Waals surface area (Å²) in [7, 11) is 3.74. The van der Waals surface area contributed by atoms with Crippen molar-refractivity contribution in [2.75, 3.05) is 25.5 Å². The molecule has 0 bridgehead atoms. The molecule has 0 aromatic heterocycles. The first-order valence-corrected chi connectivity index (χ1v) is 6.57. The predicted molar refractivity (Wildman–Crippen MR) is 73.1 cm³/mol. The zero-order valence-corrected chi connectivity index (χ0v) is 11.8. The Hall–Kier alpha value is -0.870. The highest BCUT2D eigenvalue weighted by Gasteiger charge is 2.50. The minimum absolute atomic E-state index is 0.168. The monoisotopic (exact) mass is 296 g/mol. The summed E-state index contributed by atoms with van der Waals surface area (Å²) >= 11 is 3.48. The Morgan fingerprint density at radius 3 is 2.65 bits per heavy atom. The molecule has 1 N–H and O–H groups in total. The third-order valence-corrected chi connectivity index (χ3v) is 4.01. The number of nitrogens with one attached hydrogen (secondary N) is 1. The number of halogens is 1. The number of carbonyl (C=O) groups is 1. The molecule has 2 rings (SSSR count). The van der Waals surface area contributed by atoms with Crippen molar-refractivity contribution in [3.05, 3.63) is 28.7 Å². The summed E-state index contributed by atoms with van der Waals surface area (Å²) in [6.07, 6.45) is 1.98. The molecule has 1 fully saturated rings. The second-order valence-electron chi connectivity index (χ2n) is 4.63. The van der Waals surface area contributed by atoms with Crippen LogP contribution in [-0.4, -0.2) is 26.5 Å². The summed E-state index contributed by atoms with van der Waals surface area (Å²) in [5, 5.41) is 3.11. The molecule has 0 radical (unpaired) electrons. The minimum atomic E-state index is -0.168. The largest absolute Gasteiger partial charge is 0.319 e. The number of amides is 1. The Morgan fingerprint density at radius 2 is 2.12 bits per heavy atom. The van der Waals surface area contributed by atoms with Crippen LogP contribution >= 0.6 is 15.9 Å². The lowest BCUT2D eigenvalue weighted by atomic mass is 10.1. The fraction of sp³-hybridized carbons (Fsp3) is 0.462. The van der Waals surface area contributed by atoms with E-state index in [4.69, 9.17) is 0 Å². The van der Waals surface area contributed by atoms with Gasteiger partial charge in [-0.3, -0.25) is 4.79 Å². The summed E-state index contributed by atoms with van der Waals surface area (Å²) in [4.78, 5) is 14.2. The second kappa shape index (κ2) is 4.78. The lowest BCUT2D eigenvalue weighted by molar-refractivity contribution is -0.123. The maximum absolute atomic E-state index is 12.4. The van der Waals surface area contributed by atoms with Gasteiger partial charge in [0, 0.05) is 18.1 Å². The average molecular weight is 297 g/mol. The molecule has 1 aromatic rings. The molecule has 0 unspecified atom stereocenters. The van der Waals surface area contributed by atoms with Crippen molar-refractivity contribution in [3.8, 4) is 0 Å². The van der Waals surface area contributed by atoms with Gasteiger partial charge in [-0.05, 0) is 48.0 Å². The second-order valence-corrected chi connectivity index (χ2v) is 5.48. The first kappa shape index (κ1) is 12.6. The van der Waals surface area contributed by atoms with Gasteiger partial charge in [-0.2, -0.15) is 0 Å². The summed E-state index contributed by atoms with van der Waals surface area (Å²) < 4.78 is 0.955. The SMILES string of the molecule is CNCC1(C(=O)N(C)c2ccccc2Br)CC1. The fourth-order valence-electron chi connectivity index (χ4n) is 2.14. The lowest BCUT2D eigenvalue weighted by Gasteiger charge is -2.24. The molecule has 4 heteroatoms. The van der Waals surface area contributed by atoms with E-state index in [1.165, 1.54) is 0 Å². The van der Waals surface area contributed by atoms with Crippen molar-refractivity contribution in [1.29, 1.82) is 0 Å². The van der Waals surface area contributed by atoms with Gasteiger partial charge in [0.25, 0.3) is 0 Å². The molecular weight excluding hydrogens is 280 g/mol. The molecule has 3 nitrogen and oxygen atoms in total. The van der Waals surface area contributed by atoms with Gasteiger partial charge in [0.05, 0.1) is 11.1 Å². The lowest BCUT2D eigenvalue weighted by Crippen LogP contribution is -2.39. The molecule has 0 saturated heterocycles. The Kier molecular flexibility index (Phi) is 3.54. The van der Waals surface area contributed by atoms with Gasteiger partial charge in [0.15, 0.2) is 0 Å². The smallest absolute Gasteiger partial charge is 0.234 e. The third-order valence-electron chi connectivity index (χ3n) is 3.34. The van der Waals surface area contributed by atoms with Crippen molar-refractivity contribution in [2.45, 2.75) is 12.8 Å². The highest BCUT2D eigenvalue weighted by Crippen LogP contribution is 2.47. The first-order chi connectivity index (χ1) is 8.10. The van der Waals surface area contributed by atoms with Crippen molar-refractivity contribution in [3.63, 3.8) is 0 Å². The van der Waals surface area contributed by atoms with Crippen molar-refractivity contribution in [1.82, 2.24) is 5.32 Å². The molecule has 17 heavy (non-hydrogen) atoms. The molecule has 1 aliphatic carbocycles. The quantitative estimate of drug-likeness (QED) is 0.925. The topological polar surface area (TPSA) is 32.3 Å². The van der Waals surface area contributed by atoms with Crippen molar-refractivity contribution < 1.29 is 4.79 Å². The maximum Gasteiger partial charge on any atom is 0.234 e. The highest BCUT2D eigenvalue weighted by atomic mass is 79.9. The molecule has 0 heterocycles. The van der Waals surface area contributed by atoms with Crippen LogP contribution in [0.5, 0.6) is 0 Å². The van der Waals surface area contributed by atoms with Crippen LogP contribution in [0.15, 0.2) is 28.7 Å². The fourth-order valence-corrected chi connectivity index (χ4v) is 2.70. The predicted octanol–water partition coefficient (Wildman–Crippen LogP) is 2.41. The first-order valence-electron chi connectivity index (χ1n) is 5.78. The van der Waals surface area contributed by atoms with Crippen LogP contribution in [0.25, 0.3) is 0 Å². The third kappa shape index (κ3) is 2.38. The van der Waals surface area contributed by atoms with Gasteiger partial charge in [0.1, 0.15) is 0 Å². The van der Waals surface area contributed by atoms with E-state index >= 15 is 0 Å². The molecule has 1 saturated carbocycles. The van der Waals surface area contributed by atoms with Gasteiger partial charge in [-0.25, -0.2) is 0 Å². The molecule has 0 spiro atoms. The molecule has 0 atom stereocenters. The number of nitrogens with zero attached hydrogens (tertiary/aromatic N) is 1. The molecule has 1 aliphatic rings. The number of anilines is 1. The van der Waals surface area contributed by atoms with E-state index in [9.17, 15) is 4.79 Å². The van der Waals surface area contributed by atoms with E-state index in [0.29, 0.717) is 0 Å². The summed E-state index contributed by atoms with van der Waals surface area (Å²) in [5.74, 6) is 0.207. The van der Waals surface area contributed by atoms with Crippen LogP contribution in [0.1, 0.15) is 12.8 Å². The number of para-hydroxylation sites is 1. The minimum Gasteiger partial charge on any atom is -0.319 e. The molecule has 1 aromatic carbocycles. The zero-order valence-electron chi connectivity index (χ0n) is 10.2. The van der Waals surface area contributed by atoms with Crippen molar-refractivity contribution >= 4 is 27.5 Å². The van der Waals surface area contributed by atoms with Crippen LogP contribution in [-0.2, 0) is 4.79 Å². The van der Waals surface area contributed by atoms with Crippen LogP contribution < -0.4 is 10.2 Å². The summed E-state index contributed by atoms with van der Waals surface area (Å²) in [5.41, 5.74) is 0.763. The van der Waals surface area contributed by atoms with E-state index in [1.807, 2.05) is 38.4 Å². The normalized spacial score (nSPS) is 16.6. The number of hydrogen-bond donors (Lipinski definition) is 1. The molecule has 1 amide bonds. The van der Waals surface area contributed by atoms with Crippen LogP contribution in [0.4, 0.5) is 5.69 Å². The number of rotatable bonds is 4. The van der Waals surface area contributed by atoms with Gasteiger partial charge < -0.3 is 10.2 Å². The molecular formula is C13H17BrN2O. The Labute approximate surface area is 110 Å². The zero-order chi connectivity index (χ0) is 12.5. The summed E-state index contributed by atoms with van der Waals surface area (Å²) in [6.45, 7) is 0.765. The van der Waals surface area contributed by atoms with Crippen molar-refractivity contribution in [2.24, 2.45) is 5.41 Å². The maximum atomic E-state index is 12.4. The standard InChI is InChI=1S/C13H17BrN2O/c1-15-9-13(7-8-13)12(17)16(2)11-6-4-3-5-10(11)14/h3-6,15H,7-9H2,1-2H3. The Balaban J connectivity index is 2.18. The van der Waals surface area contributed by atoms with Crippen LogP contribution in [0.3, 0.4) is 0 Å². The van der Waals surface area contributed by atoms with E-state index in [2.05, 4.69) is 21.2 Å². The molecule has 0 aliphatic heterocycles. The van der Waals surface area contributed by atoms with E-state index < -0.39 is 0 Å². The van der Waals surface area contributed by atoms with E-state index in [-0.39, 0.29) is 11.3 Å². The number of hydrogen-bond acceptors (Lipinski definition) is 2. The molecule has 92 valence electrons. The van der Waals surface area contributed by atoms with Gasteiger partial charge in [-0.1, -0.05) is 12.1 Å². The van der Waals surface area contributed by atoms with Crippen LogP contribution in [0, 0.1) is 5.41 Å². The average Bonchev–Trinajstić information content (AvgIpc) is 3.09. The van der Waals surface area contributed by atoms with E-state index in [1.54, 1.807) is 4.90 Å². The Morgan fingerprint density at radius 1 is 1.47 bits per heavy atom. The number of benzene rings is 1. The summed E-state index contributed by atoms with van der Waals surface area (Å²) in [6, 6.07) is 7.81.